The molecule has 4 nitrogen and oxygen atoms in total. The van der Waals surface area contributed by atoms with Gasteiger partial charge in [0.05, 0.1) is 6.04 Å². The zero-order chi connectivity index (χ0) is 16.7. The predicted octanol–water partition coefficient (Wildman–Crippen LogP) is 3.96. The van der Waals surface area contributed by atoms with Crippen LogP contribution in [0.5, 0.6) is 0 Å². The fourth-order valence-corrected chi connectivity index (χ4v) is 3.10. The van der Waals surface area contributed by atoms with Gasteiger partial charge in [-0.25, -0.2) is 4.79 Å². The number of benzene rings is 1. The first kappa shape index (κ1) is 17.3. The molecule has 1 aromatic carbocycles. The lowest BCUT2D eigenvalue weighted by molar-refractivity contribution is 0.194. The van der Waals surface area contributed by atoms with Crippen molar-refractivity contribution in [1.82, 2.24) is 15.2 Å². The molecule has 23 heavy (non-hydrogen) atoms. The van der Waals surface area contributed by atoms with E-state index < -0.39 is 0 Å². The van der Waals surface area contributed by atoms with Gasteiger partial charge in [-0.05, 0) is 30.7 Å². The predicted molar refractivity (Wildman–Crippen MR) is 95.6 cm³/mol. The molecule has 0 aliphatic carbocycles. The minimum absolute atomic E-state index is 0.0132. The van der Waals surface area contributed by atoms with Crippen molar-refractivity contribution in [3.8, 4) is 0 Å². The lowest BCUT2D eigenvalue weighted by Gasteiger charge is -2.26. The van der Waals surface area contributed by atoms with Crippen molar-refractivity contribution < 1.29 is 4.79 Å². The standard InChI is InChI=1S/C18H23N3OS/c1-14(23-17-9-5-4-6-10-17)12-20-18(22)21(3)15(2)16-8-7-11-19-13-16/h4-11,13-15H,12H2,1-3H3,(H,20,22)/t14-,15+/m0/s1. The number of aromatic nitrogens is 1. The molecular formula is C18H23N3OS. The second-order valence-corrected chi connectivity index (χ2v) is 7.01. The Balaban J connectivity index is 1.82. The number of thioether (sulfide) groups is 1. The highest BCUT2D eigenvalue weighted by Gasteiger charge is 2.17. The number of hydrogen-bond donors (Lipinski definition) is 1. The maximum atomic E-state index is 12.3. The van der Waals surface area contributed by atoms with E-state index in [1.807, 2.05) is 44.3 Å². The molecule has 122 valence electrons. The van der Waals surface area contributed by atoms with Gasteiger partial charge in [-0.15, -0.1) is 11.8 Å². The summed E-state index contributed by atoms with van der Waals surface area (Å²) in [6, 6.07) is 14.0. The van der Waals surface area contributed by atoms with Crippen LogP contribution in [0.1, 0.15) is 25.5 Å². The van der Waals surface area contributed by atoms with Gasteiger partial charge in [0.1, 0.15) is 0 Å². The van der Waals surface area contributed by atoms with E-state index in [4.69, 9.17) is 0 Å². The first-order valence-electron chi connectivity index (χ1n) is 7.70. The van der Waals surface area contributed by atoms with Crippen LogP contribution in [-0.2, 0) is 0 Å². The topological polar surface area (TPSA) is 45.2 Å². The quantitative estimate of drug-likeness (QED) is 0.816. The van der Waals surface area contributed by atoms with Crippen molar-refractivity contribution in [1.29, 1.82) is 0 Å². The van der Waals surface area contributed by atoms with Gasteiger partial charge in [-0.3, -0.25) is 4.98 Å². The highest BCUT2D eigenvalue weighted by molar-refractivity contribution is 8.00. The highest BCUT2D eigenvalue weighted by Crippen LogP contribution is 2.22. The van der Waals surface area contributed by atoms with E-state index in [9.17, 15) is 4.79 Å². The summed E-state index contributed by atoms with van der Waals surface area (Å²) in [6.07, 6.45) is 3.53. The van der Waals surface area contributed by atoms with Crippen molar-refractivity contribution in [3.05, 3.63) is 60.4 Å². The number of rotatable bonds is 6. The molecule has 2 rings (SSSR count). The van der Waals surface area contributed by atoms with E-state index in [0.29, 0.717) is 11.8 Å². The second kappa shape index (κ2) is 8.58. The Kier molecular flexibility index (Phi) is 6.47. The van der Waals surface area contributed by atoms with Crippen molar-refractivity contribution in [2.45, 2.75) is 30.0 Å². The number of urea groups is 1. The van der Waals surface area contributed by atoms with Gasteiger partial charge >= 0.3 is 6.03 Å². The normalized spacial score (nSPS) is 13.2. The molecule has 2 aromatic rings. The lowest BCUT2D eigenvalue weighted by atomic mass is 10.1. The molecule has 0 saturated carbocycles. The average Bonchev–Trinajstić information content (AvgIpc) is 2.60. The molecule has 2 amide bonds. The van der Waals surface area contributed by atoms with Crippen LogP contribution in [-0.4, -0.2) is 34.8 Å². The summed E-state index contributed by atoms with van der Waals surface area (Å²) in [6.45, 7) is 4.74. The largest absolute Gasteiger partial charge is 0.337 e. The number of carbonyl (C=O) groups is 1. The molecule has 1 aromatic heterocycles. The van der Waals surface area contributed by atoms with Gasteiger partial charge in [-0.2, -0.15) is 0 Å². The summed E-state index contributed by atoms with van der Waals surface area (Å²) in [5, 5.41) is 3.31. The molecule has 5 heteroatoms. The average molecular weight is 329 g/mol. The van der Waals surface area contributed by atoms with Crippen LogP contribution >= 0.6 is 11.8 Å². The van der Waals surface area contributed by atoms with Crippen molar-refractivity contribution in [2.75, 3.05) is 13.6 Å². The van der Waals surface area contributed by atoms with Crippen LogP contribution in [0.4, 0.5) is 4.79 Å². The first-order chi connectivity index (χ1) is 11.1. The Morgan fingerprint density at radius 1 is 1.22 bits per heavy atom. The second-order valence-electron chi connectivity index (χ2n) is 5.50. The number of nitrogens with zero attached hydrogens (tertiary/aromatic N) is 2. The van der Waals surface area contributed by atoms with E-state index in [1.165, 1.54) is 4.90 Å². The summed E-state index contributed by atoms with van der Waals surface area (Å²) in [4.78, 5) is 19.3. The van der Waals surface area contributed by atoms with E-state index >= 15 is 0 Å². The van der Waals surface area contributed by atoms with Crippen molar-refractivity contribution in [3.63, 3.8) is 0 Å². The van der Waals surface area contributed by atoms with Gasteiger partial charge < -0.3 is 10.2 Å². The monoisotopic (exact) mass is 329 g/mol. The number of nitrogens with one attached hydrogen (secondary N) is 1. The van der Waals surface area contributed by atoms with Crippen LogP contribution in [0.25, 0.3) is 0 Å². The summed E-state index contributed by atoms with van der Waals surface area (Å²) < 4.78 is 0. The van der Waals surface area contributed by atoms with Crippen LogP contribution in [0.3, 0.4) is 0 Å². The number of hydrogen-bond acceptors (Lipinski definition) is 3. The van der Waals surface area contributed by atoms with E-state index in [2.05, 4.69) is 29.4 Å². The molecule has 0 saturated heterocycles. The highest BCUT2D eigenvalue weighted by atomic mass is 32.2. The summed E-state index contributed by atoms with van der Waals surface area (Å²) in [7, 11) is 1.81. The third-order valence-corrected chi connectivity index (χ3v) is 4.80. The number of pyridine rings is 1. The Labute approximate surface area is 142 Å². The molecule has 0 bridgehead atoms. The van der Waals surface area contributed by atoms with Gasteiger partial charge in [0.15, 0.2) is 0 Å². The first-order valence-corrected chi connectivity index (χ1v) is 8.58. The zero-order valence-corrected chi connectivity index (χ0v) is 14.6. The van der Waals surface area contributed by atoms with Crippen LogP contribution < -0.4 is 5.32 Å². The molecule has 0 aliphatic heterocycles. The summed E-state index contributed by atoms with van der Waals surface area (Å²) in [5.74, 6) is 0. The van der Waals surface area contributed by atoms with Crippen molar-refractivity contribution in [2.24, 2.45) is 0 Å². The molecular weight excluding hydrogens is 306 g/mol. The Morgan fingerprint density at radius 2 is 1.96 bits per heavy atom. The molecule has 1 N–H and O–H groups in total. The summed E-state index contributed by atoms with van der Waals surface area (Å²) >= 11 is 1.76. The van der Waals surface area contributed by atoms with Crippen LogP contribution in [0.15, 0.2) is 59.8 Å². The molecule has 0 spiro atoms. The zero-order valence-electron chi connectivity index (χ0n) is 13.8. The van der Waals surface area contributed by atoms with Gasteiger partial charge in [-0.1, -0.05) is 31.2 Å². The molecule has 1 heterocycles. The van der Waals surface area contributed by atoms with Gasteiger partial charge in [0.25, 0.3) is 0 Å². The minimum atomic E-state index is -0.0677. The lowest BCUT2D eigenvalue weighted by Crippen LogP contribution is -2.41. The Morgan fingerprint density at radius 3 is 2.61 bits per heavy atom. The summed E-state index contributed by atoms with van der Waals surface area (Å²) in [5.41, 5.74) is 1.02. The van der Waals surface area contributed by atoms with Gasteiger partial charge in [0, 0.05) is 36.1 Å². The fraction of sp³-hybridized carbons (Fsp3) is 0.333. The SMILES string of the molecule is C[C@H](c1cccnc1)N(C)C(=O)NC[C@H](C)Sc1ccccc1. The Bertz CT molecular complexity index is 606. The van der Waals surface area contributed by atoms with E-state index in [0.717, 1.165) is 5.56 Å². The molecule has 2 atom stereocenters. The molecule has 0 radical (unpaired) electrons. The maximum Gasteiger partial charge on any atom is 0.317 e. The number of carbonyl (C=O) groups excluding carboxylic acids is 1. The minimum Gasteiger partial charge on any atom is -0.337 e. The third-order valence-electron chi connectivity index (χ3n) is 3.69. The maximum absolute atomic E-state index is 12.3. The molecule has 0 unspecified atom stereocenters. The van der Waals surface area contributed by atoms with Crippen LogP contribution in [0.2, 0.25) is 0 Å². The smallest absolute Gasteiger partial charge is 0.317 e. The van der Waals surface area contributed by atoms with Gasteiger partial charge in [0.2, 0.25) is 0 Å². The number of amides is 2. The van der Waals surface area contributed by atoms with E-state index in [1.54, 1.807) is 29.1 Å². The van der Waals surface area contributed by atoms with Crippen LogP contribution in [0, 0.1) is 0 Å². The fourth-order valence-electron chi connectivity index (χ4n) is 2.15. The van der Waals surface area contributed by atoms with E-state index in [-0.39, 0.29) is 12.1 Å². The van der Waals surface area contributed by atoms with Crippen molar-refractivity contribution >= 4 is 17.8 Å². The third kappa shape index (κ3) is 5.28. The Hall–Kier alpha value is -2.01. The molecule has 0 aliphatic rings. The molecule has 0 fully saturated rings.